The summed E-state index contributed by atoms with van der Waals surface area (Å²) >= 11 is 0. The molecule has 4 heteroatoms. The van der Waals surface area contributed by atoms with E-state index >= 15 is 0 Å². The number of piperidine rings is 1. The molecule has 0 spiro atoms. The van der Waals surface area contributed by atoms with Crippen LogP contribution in [0.15, 0.2) is 0 Å². The first-order chi connectivity index (χ1) is 5.25. The summed E-state index contributed by atoms with van der Waals surface area (Å²) < 4.78 is 0. The van der Waals surface area contributed by atoms with E-state index in [-0.39, 0.29) is 18.6 Å². The molecular weight excluding hydrogens is 142 g/mol. The average molecular weight is 157 g/mol. The summed E-state index contributed by atoms with van der Waals surface area (Å²) in [5.74, 6) is 0.0868. The van der Waals surface area contributed by atoms with Gasteiger partial charge in [0.2, 0.25) is 0 Å². The van der Waals surface area contributed by atoms with Gasteiger partial charge in [-0.1, -0.05) is 0 Å². The Morgan fingerprint density at radius 3 is 2.82 bits per heavy atom. The number of nitrogens with one attached hydrogen (secondary N) is 1. The molecule has 1 rings (SSSR count). The van der Waals surface area contributed by atoms with Crippen molar-refractivity contribution in [3.8, 4) is 0 Å². The van der Waals surface area contributed by atoms with Crippen LogP contribution in [0.25, 0.3) is 0 Å². The average Bonchev–Trinajstić information content (AvgIpc) is 2.04. The number of hydrogen-bond donors (Lipinski definition) is 3. The summed E-state index contributed by atoms with van der Waals surface area (Å²) in [7, 11) is 0. The molecule has 0 aromatic heterocycles. The zero-order chi connectivity index (χ0) is 8.27. The van der Waals surface area contributed by atoms with Crippen LogP contribution in [-0.2, 0) is 0 Å². The Morgan fingerprint density at radius 1 is 1.64 bits per heavy atom. The predicted molar refractivity (Wildman–Crippen MR) is 43.3 cm³/mol. The van der Waals surface area contributed by atoms with Gasteiger partial charge in [-0.15, -0.1) is 0 Å². The minimum atomic E-state index is 0.0845. The fourth-order valence-electron chi connectivity index (χ4n) is 1.51. The number of rotatable bonds is 1. The van der Waals surface area contributed by atoms with Crippen molar-refractivity contribution in [3.63, 3.8) is 0 Å². The lowest BCUT2D eigenvalue weighted by atomic mass is 10.0. The van der Waals surface area contributed by atoms with Crippen molar-refractivity contribution in [2.24, 2.45) is 5.73 Å². The van der Waals surface area contributed by atoms with E-state index in [9.17, 15) is 0 Å². The minimum Gasteiger partial charge on any atom is -0.394 e. The van der Waals surface area contributed by atoms with Crippen LogP contribution in [0.4, 0.5) is 0 Å². The molecule has 0 bridgehead atoms. The van der Waals surface area contributed by atoms with Crippen LogP contribution in [0, 0.1) is 5.41 Å². The molecule has 0 unspecified atom stereocenters. The third kappa shape index (κ3) is 1.83. The SMILES string of the molecule is N=C(N)N1CCCC[C@H]1CO. The summed E-state index contributed by atoms with van der Waals surface area (Å²) in [4.78, 5) is 1.77. The van der Waals surface area contributed by atoms with Gasteiger partial charge in [0.25, 0.3) is 0 Å². The molecule has 0 aromatic rings. The third-order valence-corrected chi connectivity index (χ3v) is 2.15. The molecule has 1 atom stereocenters. The van der Waals surface area contributed by atoms with Gasteiger partial charge in [-0.3, -0.25) is 5.41 Å². The fourth-order valence-corrected chi connectivity index (χ4v) is 1.51. The zero-order valence-corrected chi connectivity index (χ0v) is 6.58. The number of guanidine groups is 1. The molecule has 0 radical (unpaired) electrons. The van der Waals surface area contributed by atoms with Crippen molar-refractivity contribution < 1.29 is 5.11 Å². The molecule has 0 aromatic carbocycles. The van der Waals surface area contributed by atoms with Crippen LogP contribution in [0.1, 0.15) is 19.3 Å². The molecular formula is C7H15N3O. The highest BCUT2D eigenvalue weighted by atomic mass is 16.3. The number of hydrogen-bond acceptors (Lipinski definition) is 2. The van der Waals surface area contributed by atoms with E-state index in [4.69, 9.17) is 16.2 Å². The molecule has 4 N–H and O–H groups in total. The van der Waals surface area contributed by atoms with Crippen molar-refractivity contribution in [1.29, 1.82) is 5.41 Å². The highest BCUT2D eigenvalue weighted by Gasteiger charge is 2.21. The van der Waals surface area contributed by atoms with Crippen LogP contribution in [0.5, 0.6) is 0 Å². The fraction of sp³-hybridized carbons (Fsp3) is 0.857. The molecule has 0 saturated carbocycles. The van der Waals surface area contributed by atoms with Crippen molar-refractivity contribution in [2.75, 3.05) is 13.2 Å². The van der Waals surface area contributed by atoms with Crippen molar-refractivity contribution in [1.82, 2.24) is 4.90 Å². The first kappa shape index (κ1) is 8.33. The lowest BCUT2D eigenvalue weighted by Crippen LogP contribution is -2.48. The monoisotopic (exact) mass is 157 g/mol. The van der Waals surface area contributed by atoms with Crippen molar-refractivity contribution in [3.05, 3.63) is 0 Å². The van der Waals surface area contributed by atoms with Crippen LogP contribution >= 0.6 is 0 Å². The molecule has 0 amide bonds. The number of nitrogens with two attached hydrogens (primary N) is 1. The minimum absolute atomic E-state index is 0.0845. The second-order valence-electron chi connectivity index (χ2n) is 2.91. The smallest absolute Gasteiger partial charge is 0.188 e. The van der Waals surface area contributed by atoms with Gasteiger partial charge in [0.1, 0.15) is 0 Å². The van der Waals surface area contributed by atoms with Gasteiger partial charge in [-0.05, 0) is 19.3 Å². The number of aliphatic hydroxyl groups excluding tert-OH is 1. The lowest BCUT2D eigenvalue weighted by Gasteiger charge is -2.34. The van der Waals surface area contributed by atoms with E-state index < -0.39 is 0 Å². The molecule has 0 aliphatic carbocycles. The summed E-state index contributed by atoms with van der Waals surface area (Å²) in [6.45, 7) is 0.931. The van der Waals surface area contributed by atoms with E-state index in [2.05, 4.69) is 0 Å². The quantitative estimate of drug-likeness (QED) is 0.362. The first-order valence-corrected chi connectivity index (χ1v) is 3.97. The summed E-state index contributed by atoms with van der Waals surface area (Å²) in [5, 5.41) is 16.1. The first-order valence-electron chi connectivity index (χ1n) is 3.97. The molecule has 1 saturated heterocycles. The largest absolute Gasteiger partial charge is 0.394 e. The standard InChI is InChI=1S/C7H15N3O/c8-7(9)10-4-2-1-3-6(10)5-11/h6,11H,1-5H2,(H3,8,9)/t6-/m0/s1. The van der Waals surface area contributed by atoms with Crippen LogP contribution in [-0.4, -0.2) is 35.2 Å². The topological polar surface area (TPSA) is 73.3 Å². The molecule has 1 fully saturated rings. The Balaban J connectivity index is 2.51. The van der Waals surface area contributed by atoms with E-state index in [0.717, 1.165) is 25.8 Å². The van der Waals surface area contributed by atoms with Crippen LogP contribution in [0.3, 0.4) is 0 Å². The maximum atomic E-state index is 8.92. The summed E-state index contributed by atoms with van der Waals surface area (Å²) in [6, 6.07) is 0.0845. The normalized spacial score (nSPS) is 25.2. The van der Waals surface area contributed by atoms with Gasteiger partial charge >= 0.3 is 0 Å². The molecule has 1 aliphatic heterocycles. The van der Waals surface area contributed by atoms with E-state index in [1.165, 1.54) is 0 Å². The third-order valence-electron chi connectivity index (χ3n) is 2.15. The van der Waals surface area contributed by atoms with E-state index in [0.29, 0.717) is 0 Å². The highest BCUT2D eigenvalue weighted by molar-refractivity contribution is 5.75. The number of likely N-dealkylation sites (tertiary alicyclic amines) is 1. The Hall–Kier alpha value is -0.770. The molecule has 1 heterocycles. The van der Waals surface area contributed by atoms with Crippen molar-refractivity contribution in [2.45, 2.75) is 25.3 Å². The summed E-state index contributed by atoms with van der Waals surface area (Å²) in [5.41, 5.74) is 5.33. The van der Waals surface area contributed by atoms with Crippen LogP contribution < -0.4 is 5.73 Å². The Morgan fingerprint density at radius 2 is 2.36 bits per heavy atom. The van der Waals surface area contributed by atoms with Crippen molar-refractivity contribution >= 4 is 5.96 Å². The maximum absolute atomic E-state index is 8.92. The zero-order valence-electron chi connectivity index (χ0n) is 6.58. The van der Waals surface area contributed by atoms with Gasteiger partial charge in [-0.25, -0.2) is 0 Å². The van der Waals surface area contributed by atoms with Gasteiger partial charge in [0.15, 0.2) is 5.96 Å². The molecule has 64 valence electrons. The molecule has 11 heavy (non-hydrogen) atoms. The molecule has 4 nitrogen and oxygen atoms in total. The van der Waals surface area contributed by atoms with E-state index in [1.807, 2.05) is 0 Å². The van der Waals surface area contributed by atoms with E-state index in [1.54, 1.807) is 4.90 Å². The van der Waals surface area contributed by atoms with Gasteiger partial charge in [0.05, 0.1) is 12.6 Å². The summed E-state index contributed by atoms with van der Waals surface area (Å²) in [6.07, 6.45) is 3.17. The van der Waals surface area contributed by atoms with Gasteiger partial charge in [0, 0.05) is 6.54 Å². The number of nitrogens with zero attached hydrogens (tertiary/aromatic N) is 1. The Bertz CT molecular complexity index is 149. The second-order valence-corrected chi connectivity index (χ2v) is 2.91. The lowest BCUT2D eigenvalue weighted by molar-refractivity contribution is 0.145. The van der Waals surface area contributed by atoms with Gasteiger partial charge in [-0.2, -0.15) is 0 Å². The van der Waals surface area contributed by atoms with Gasteiger partial charge < -0.3 is 15.7 Å². The predicted octanol–water partition coefficient (Wildman–Crippen LogP) is -0.273. The van der Waals surface area contributed by atoms with Crippen LogP contribution in [0.2, 0.25) is 0 Å². The Labute approximate surface area is 66.5 Å². The maximum Gasteiger partial charge on any atom is 0.188 e. The number of aliphatic hydroxyl groups is 1. The Kier molecular flexibility index (Phi) is 2.70. The highest BCUT2D eigenvalue weighted by Crippen LogP contribution is 2.15. The molecule has 1 aliphatic rings. The second kappa shape index (κ2) is 3.57.